The van der Waals surface area contributed by atoms with Crippen molar-refractivity contribution in [2.45, 2.75) is 12.8 Å². The Morgan fingerprint density at radius 3 is 2.58 bits per heavy atom. The average molecular weight is 482 g/mol. The summed E-state index contributed by atoms with van der Waals surface area (Å²) in [7, 11) is 0. The summed E-state index contributed by atoms with van der Waals surface area (Å²) in [5.41, 5.74) is 3.62. The number of halogens is 1. The Morgan fingerprint density at radius 1 is 1.09 bits per heavy atom. The molecule has 5 rings (SSSR count). The number of hydrogen-bond acceptors (Lipinski definition) is 6. The predicted molar refractivity (Wildman–Crippen MR) is 129 cm³/mol. The summed E-state index contributed by atoms with van der Waals surface area (Å²) in [4.78, 5) is 16.1. The molecular weight excluding hydrogens is 460 g/mol. The molecule has 1 aliphatic rings. The van der Waals surface area contributed by atoms with Gasteiger partial charge in [0, 0.05) is 59.6 Å². The zero-order valence-corrected chi connectivity index (χ0v) is 19.3. The number of nitrogens with zero attached hydrogens (tertiary/aromatic N) is 5. The molecule has 1 saturated heterocycles. The zero-order chi connectivity index (χ0) is 22.8. The minimum Gasteiger partial charge on any atom is -0.760 e. The van der Waals surface area contributed by atoms with E-state index in [1.807, 2.05) is 54.9 Å². The Bertz CT molecular complexity index is 1270. The third-order valence-electron chi connectivity index (χ3n) is 5.98. The molecule has 1 fully saturated rings. The quantitative estimate of drug-likeness (QED) is 0.421. The Hall–Kier alpha value is -2.85. The van der Waals surface area contributed by atoms with E-state index in [0.29, 0.717) is 17.5 Å². The van der Waals surface area contributed by atoms with E-state index >= 15 is 0 Å². The fourth-order valence-electron chi connectivity index (χ4n) is 4.23. The van der Waals surface area contributed by atoms with Gasteiger partial charge in [-0.1, -0.05) is 11.6 Å². The highest BCUT2D eigenvalue weighted by Gasteiger charge is 2.21. The number of aromatic nitrogens is 4. The van der Waals surface area contributed by atoms with Crippen molar-refractivity contribution in [2.75, 3.05) is 24.5 Å². The van der Waals surface area contributed by atoms with Crippen molar-refractivity contribution in [3.8, 4) is 17.1 Å². The fraction of sp³-hybridized carbons (Fsp3) is 0.261. The van der Waals surface area contributed by atoms with Crippen LogP contribution in [0, 0.1) is 5.92 Å². The molecule has 1 N–H and O–H groups in total. The molecule has 0 radical (unpaired) electrons. The zero-order valence-electron chi connectivity index (χ0n) is 17.7. The molecule has 0 saturated carbocycles. The monoisotopic (exact) mass is 481 g/mol. The second-order valence-corrected chi connectivity index (χ2v) is 9.22. The molecule has 1 aromatic carbocycles. The van der Waals surface area contributed by atoms with Crippen LogP contribution in [0.25, 0.3) is 28.1 Å². The Kier molecular flexibility index (Phi) is 6.37. The van der Waals surface area contributed by atoms with E-state index in [9.17, 15) is 8.76 Å². The highest BCUT2D eigenvalue weighted by molar-refractivity contribution is 7.77. The van der Waals surface area contributed by atoms with Gasteiger partial charge in [0.15, 0.2) is 0 Å². The van der Waals surface area contributed by atoms with Crippen LogP contribution < -0.4 is 9.62 Å². The van der Waals surface area contributed by atoms with Crippen molar-refractivity contribution in [3.05, 3.63) is 66.1 Å². The lowest BCUT2D eigenvalue weighted by molar-refractivity contribution is 0.397. The summed E-state index contributed by atoms with van der Waals surface area (Å²) in [6.45, 7) is 2.18. The minimum atomic E-state index is -2.20. The van der Waals surface area contributed by atoms with Crippen molar-refractivity contribution in [1.82, 2.24) is 24.2 Å². The standard InChI is InChI=1S/C23H23ClN6O2S/c24-18-2-4-19(5-3-18)30-21-15-25-10-7-20(21)28-23(30)17-1-6-22(26-14-17)29-11-8-16(9-12-29)13-27-33(31)32/h1-7,10,14-16,27H,8-9,11-13H2,(H,31,32)/p-1. The van der Waals surface area contributed by atoms with Crippen LogP contribution in [0.1, 0.15) is 12.8 Å². The van der Waals surface area contributed by atoms with Crippen molar-refractivity contribution >= 4 is 39.7 Å². The van der Waals surface area contributed by atoms with Gasteiger partial charge in [-0.25, -0.2) is 14.7 Å². The molecule has 0 aliphatic carbocycles. The first-order valence-electron chi connectivity index (χ1n) is 10.7. The summed E-state index contributed by atoms with van der Waals surface area (Å²) >= 11 is 3.90. The number of rotatable bonds is 6. The lowest BCUT2D eigenvalue weighted by Crippen LogP contribution is -2.38. The van der Waals surface area contributed by atoms with Gasteiger partial charge < -0.3 is 9.45 Å². The van der Waals surface area contributed by atoms with Crippen molar-refractivity contribution in [3.63, 3.8) is 0 Å². The summed E-state index contributed by atoms with van der Waals surface area (Å²) in [5.74, 6) is 2.05. The normalized spacial score (nSPS) is 15.8. The van der Waals surface area contributed by atoms with Crippen LogP contribution >= 0.6 is 11.6 Å². The minimum absolute atomic E-state index is 0.353. The van der Waals surface area contributed by atoms with E-state index in [-0.39, 0.29) is 0 Å². The van der Waals surface area contributed by atoms with E-state index in [2.05, 4.69) is 19.2 Å². The van der Waals surface area contributed by atoms with Gasteiger partial charge in [0.25, 0.3) is 0 Å². The molecule has 1 unspecified atom stereocenters. The number of imidazole rings is 1. The molecule has 10 heteroatoms. The number of fused-ring (bicyclic) bond motifs is 1. The molecule has 4 aromatic rings. The van der Waals surface area contributed by atoms with Gasteiger partial charge in [-0.3, -0.25) is 13.8 Å². The average Bonchev–Trinajstić information content (AvgIpc) is 3.23. The van der Waals surface area contributed by atoms with Crippen LogP contribution in [0.4, 0.5) is 5.82 Å². The molecule has 1 aliphatic heterocycles. The Labute approximate surface area is 199 Å². The second-order valence-electron chi connectivity index (χ2n) is 8.03. The first-order chi connectivity index (χ1) is 16.1. The number of pyridine rings is 2. The highest BCUT2D eigenvalue weighted by atomic mass is 35.5. The highest BCUT2D eigenvalue weighted by Crippen LogP contribution is 2.30. The van der Waals surface area contributed by atoms with Gasteiger partial charge in [0.1, 0.15) is 11.6 Å². The lowest BCUT2D eigenvalue weighted by atomic mass is 9.97. The maximum Gasteiger partial charge on any atom is 0.147 e. The number of nitrogens with one attached hydrogen (secondary N) is 1. The van der Waals surface area contributed by atoms with Crippen LogP contribution in [0.2, 0.25) is 5.02 Å². The van der Waals surface area contributed by atoms with Crippen LogP contribution in [0.3, 0.4) is 0 Å². The third-order valence-corrected chi connectivity index (χ3v) is 6.63. The smallest absolute Gasteiger partial charge is 0.147 e. The van der Waals surface area contributed by atoms with Gasteiger partial charge in [-0.05, 0) is 61.2 Å². The van der Waals surface area contributed by atoms with Crippen LogP contribution in [0.5, 0.6) is 0 Å². The molecule has 170 valence electrons. The van der Waals surface area contributed by atoms with Gasteiger partial charge in [-0.2, -0.15) is 0 Å². The van der Waals surface area contributed by atoms with E-state index in [1.165, 1.54) is 0 Å². The third kappa shape index (κ3) is 4.77. The summed E-state index contributed by atoms with van der Waals surface area (Å²) in [6.07, 6.45) is 7.24. The number of hydrogen-bond donors (Lipinski definition) is 1. The van der Waals surface area contributed by atoms with E-state index in [4.69, 9.17) is 21.6 Å². The number of piperidine rings is 1. The van der Waals surface area contributed by atoms with Crippen molar-refractivity contribution in [2.24, 2.45) is 5.92 Å². The molecule has 0 bridgehead atoms. The first kappa shape index (κ1) is 22.0. The summed E-state index contributed by atoms with van der Waals surface area (Å²) in [5, 5.41) is 0.676. The molecule has 33 heavy (non-hydrogen) atoms. The lowest BCUT2D eigenvalue weighted by Gasteiger charge is -2.33. The van der Waals surface area contributed by atoms with Gasteiger partial charge in [0.2, 0.25) is 0 Å². The van der Waals surface area contributed by atoms with Gasteiger partial charge >= 0.3 is 0 Å². The SMILES string of the molecule is O=S([O-])NCC1CCN(c2ccc(-c3nc4ccncc4n3-c3ccc(Cl)cc3)cn2)CC1. The summed E-state index contributed by atoms with van der Waals surface area (Å²) < 4.78 is 26.0. The molecule has 8 nitrogen and oxygen atoms in total. The maximum atomic E-state index is 10.7. The van der Waals surface area contributed by atoms with Crippen LogP contribution in [-0.2, 0) is 11.3 Å². The van der Waals surface area contributed by atoms with Gasteiger partial charge in [-0.15, -0.1) is 0 Å². The summed E-state index contributed by atoms with van der Waals surface area (Å²) in [6, 6.07) is 13.6. The first-order valence-corrected chi connectivity index (χ1v) is 12.2. The predicted octanol–water partition coefficient (Wildman–Crippen LogP) is 3.74. The molecular formula is C23H22ClN6O2S-. The topological polar surface area (TPSA) is 99.0 Å². The molecule has 0 amide bonds. The molecule has 1 atom stereocenters. The second kappa shape index (κ2) is 9.56. The molecule has 4 heterocycles. The Balaban J connectivity index is 1.40. The van der Waals surface area contributed by atoms with Gasteiger partial charge in [0.05, 0.1) is 17.2 Å². The van der Waals surface area contributed by atoms with E-state index in [1.54, 1.807) is 6.20 Å². The van der Waals surface area contributed by atoms with Crippen LogP contribution in [-0.4, -0.2) is 47.9 Å². The Morgan fingerprint density at radius 2 is 1.88 bits per heavy atom. The molecule has 0 spiro atoms. The van der Waals surface area contributed by atoms with Crippen molar-refractivity contribution < 1.29 is 8.76 Å². The maximum absolute atomic E-state index is 10.7. The van der Waals surface area contributed by atoms with E-state index in [0.717, 1.165) is 59.9 Å². The van der Waals surface area contributed by atoms with E-state index < -0.39 is 11.3 Å². The molecule has 3 aromatic heterocycles. The van der Waals surface area contributed by atoms with Crippen molar-refractivity contribution in [1.29, 1.82) is 0 Å². The number of benzene rings is 1. The van der Waals surface area contributed by atoms with Crippen LogP contribution in [0.15, 0.2) is 61.1 Å². The largest absolute Gasteiger partial charge is 0.760 e. The fourth-order valence-corrected chi connectivity index (χ4v) is 4.72. The number of anilines is 1.